The zero-order chi connectivity index (χ0) is 21.9. The molecule has 1 unspecified atom stereocenters. The molecule has 1 saturated heterocycles. The topological polar surface area (TPSA) is 43.2 Å². The predicted octanol–water partition coefficient (Wildman–Crippen LogP) is 5.28. The van der Waals surface area contributed by atoms with Crippen molar-refractivity contribution in [1.29, 1.82) is 0 Å². The smallest absolute Gasteiger partial charge is 0.150 e. The maximum atomic E-state index is 15.0. The fourth-order valence-corrected chi connectivity index (χ4v) is 5.51. The second kappa shape index (κ2) is 7.63. The van der Waals surface area contributed by atoms with Gasteiger partial charge in [-0.3, -0.25) is 9.88 Å². The molecule has 1 saturated carbocycles. The summed E-state index contributed by atoms with van der Waals surface area (Å²) in [5.74, 6) is 0. The molecule has 3 atom stereocenters. The van der Waals surface area contributed by atoms with E-state index in [0.717, 1.165) is 42.6 Å². The Morgan fingerprint density at radius 2 is 2.03 bits per heavy atom. The lowest BCUT2D eigenvalue weighted by Crippen LogP contribution is -2.46. The van der Waals surface area contributed by atoms with Crippen molar-refractivity contribution in [2.45, 2.75) is 76.4 Å². The molecular formula is C26H31FN4O. The zero-order valence-corrected chi connectivity index (χ0v) is 18.9. The number of fused-ring (bicyclic) bond motifs is 3. The standard InChI is InChI=1S/C26H31FN4O/c1-17-6-8-22(28-14-17)25-19-7-9-23-21(15-29-31(23)24-5-3-4-12-32-24)20(19)13-18(2)30(25)16-26(27)10-11-26/h6-9,14-15,18,24-25H,3-5,10-13,16H2,1-2H3/t18-,24?,25+/m1/s1. The third-order valence-electron chi connectivity index (χ3n) is 7.52. The number of benzene rings is 1. The van der Waals surface area contributed by atoms with Gasteiger partial charge in [0.1, 0.15) is 5.67 Å². The molecule has 5 nitrogen and oxygen atoms in total. The number of alkyl halides is 1. The highest BCUT2D eigenvalue weighted by atomic mass is 19.1. The Kier molecular flexibility index (Phi) is 4.84. The summed E-state index contributed by atoms with van der Waals surface area (Å²) in [6.45, 7) is 5.55. The van der Waals surface area contributed by atoms with Gasteiger partial charge in [0.05, 0.1) is 23.4 Å². The van der Waals surface area contributed by atoms with Gasteiger partial charge in [-0.2, -0.15) is 5.10 Å². The van der Waals surface area contributed by atoms with E-state index in [4.69, 9.17) is 14.8 Å². The van der Waals surface area contributed by atoms with Crippen LogP contribution < -0.4 is 0 Å². The van der Waals surface area contributed by atoms with Crippen LogP contribution in [0.1, 0.15) is 73.7 Å². The molecule has 6 heteroatoms. The first-order chi connectivity index (χ1) is 15.5. The van der Waals surface area contributed by atoms with Crippen molar-refractivity contribution in [1.82, 2.24) is 19.7 Å². The number of halogens is 1. The van der Waals surface area contributed by atoms with E-state index in [1.807, 2.05) is 12.4 Å². The number of rotatable bonds is 4. The van der Waals surface area contributed by atoms with Crippen molar-refractivity contribution in [3.8, 4) is 0 Å². The Labute approximate surface area is 188 Å². The molecule has 0 bridgehead atoms. The highest BCUT2D eigenvalue weighted by Gasteiger charge is 2.48. The largest absolute Gasteiger partial charge is 0.356 e. The molecule has 6 rings (SSSR count). The second-order valence-electron chi connectivity index (χ2n) is 10.0. The van der Waals surface area contributed by atoms with E-state index in [1.165, 1.54) is 22.9 Å². The lowest BCUT2D eigenvalue weighted by Gasteiger charge is -2.42. The molecule has 2 fully saturated rings. The fraction of sp³-hybridized carbons (Fsp3) is 0.538. The molecule has 2 aromatic heterocycles. The molecule has 4 heterocycles. The summed E-state index contributed by atoms with van der Waals surface area (Å²) >= 11 is 0. The highest BCUT2D eigenvalue weighted by Crippen LogP contribution is 2.46. The molecule has 0 radical (unpaired) electrons. The second-order valence-corrected chi connectivity index (χ2v) is 10.0. The first-order valence-electron chi connectivity index (χ1n) is 12.0. The Balaban J connectivity index is 1.46. The van der Waals surface area contributed by atoms with Crippen molar-refractivity contribution < 1.29 is 9.13 Å². The van der Waals surface area contributed by atoms with Gasteiger partial charge in [0.2, 0.25) is 0 Å². The molecule has 1 aliphatic carbocycles. The average Bonchev–Trinajstić information content (AvgIpc) is 3.37. The Morgan fingerprint density at radius 3 is 2.75 bits per heavy atom. The lowest BCUT2D eigenvalue weighted by molar-refractivity contribution is -0.0366. The first-order valence-corrected chi connectivity index (χ1v) is 12.0. The molecule has 32 heavy (non-hydrogen) atoms. The van der Waals surface area contributed by atoms with E-state index in [1.54, 1.807) is 0 Å². The third kappa shape index (κ3) is 3.44. The Bertz CT molecular complexity index is 1130. The van der Waals surface area contributed by atoms with Gasteiger partial charge in [-0.15, -0.1) is 0 Å². The molecule has 0 spiro atoms. The Morgan fingerprint density at radius 1 is 1.16 bits per heavy atom. The van der Waals surface area contributed by atoms with Gasteiger partial charge < -0.3 is 4.74 Å². The summed E-state index contributed by atoms with van der Waals surface area (Å²) < 4.78 is 23.0. The summed E-state index contributed by atoms with van der Waals surface area (Å²) in [7, 11) is 0. The normalized spacial score (nSPS) is 27.4. The van der Waals surface area contributed by atoms with Crippen LogP contribution in [0.15, 0.2) is 36.7 Å². The molecule has 3 aromatic rings. The number of hydrogen-bond donors (Lipinski definition) is 0. The van der Waals surface area contributed by atoms with Crippen LogP contribution in [0, 0.1) is 6.92 Å². The van der Waals surface area contributed by atoms with Gasteiger partial charge in [-0.05, 0) is 81.2 Å². The average molecular weight is 435 g/mol. The van der Waals surface area contributed by atoms with E-state index in [2.05, 4.69) is 47.7 Å². The minimum Gasteiger partial charge on any atom is -0.356 e. The van der Waals surface area contributed by atoms with Crippen molar-refractivity contribution >= 4 is 10.9 Å². The van der Waals surface area contributed by atoms with Gasteiger partial charge >= 0.3 is 0 Å². The molecule has 168 valence electrons. The summed E-state index contributed by atoms with van der Waals surface area (Å²) in [6.07, 6.45) is 9.49. The van der Waals surface area contributed by atoms with E-state index in [-0.39, 0.29) is 18.3 Å². The zero-order valence-electron chi connectivity index (χ0n) is 18.9. The van der Waals surface area contributed by atoms with Crippen molar-refractivity contribution in [3.63, 3.8) is 0 Å². The number of aromatic nitrogens is 3. The van der Waals surface area contributed by atoms with Gasteiger partial charge in [-0.25, -0.2) is 9.07 Å². The van der Waals surface area contributed by atoms with Crippen LogP contribution in [0.5, 0.6) is 0 Å². The number of aryl methyl sites for hydroxylation is 1. The quantitative estimate of drug-likeness (QED) is 0.561. The van der Waals surface area contributed by atoms with Crippen molar-refractivity contribution in [3.05, 3.63) is 59.0 Å². The molecule has 0 amide bonds. The van der Waals surface area contributed by atoms with E-state index >= 15 is 0 Å². The highest BCUT2D eigenvalue weighted by molar-refractivity contribution is 5.84. The van der Waals surface area contributed by atoms with Gasteiger partial charge in [-0.1, -0.05) is 12.1 Å². The number of pyridine rings is 1. The minimum absolute atomic E-state index is 0.0210. The Hall–Kier alpha value is -2.31. The molecule has 2 aliphatic heterocycles. The molecule has 3 aliphatic rings. The van der Waals surface area contributed by atoms with Crippen molar-refractivity contribution in [2.24, 2.45) is 0 Å². The van der Waals surface area contributed by atoms with Crippen molar-refractivity contribution in [2.75, 3.05) is 13.2 Å². The van der Waals surface area contributed by atoms with Gasteiger partial charge in [0.15, 0.2) is 6.23 Å². The molecule has 0 N–H and O–H groups in total. The summed E-state index contributed by atoms with van der Waals surface area (Å²) in [6, 6.07) is 8.80. The maximum Gasteiger partial charge on any atom is 0.150 e. The maximum absolute atomic E-state index is 15.0. The number of hydrogen-bond acceptors (Lipinski definition) is 4. The minimum atomic E-state index is -1.04. The van der Waals surface area contributed by atoms with Crippen LogP contribution in [0.3, 0.4) is 0 Å². The summed E-state index contributed by atoms with van der Waals surface area (Å²) in [5.41, 5.74) is 4.79. The molecular weight excluding hydrogens is 403 g/mol. The predicted molar refractivity (Wildman–Crippen MR) is 122 cm³/mol. The number of ether oxygens (including phenoxy) is 1. The van der Waals surface area contributed by atoms with Crippen LogP contribution >= 0.6 is 0 Å². The van der Waals surface area contributed by atoms with E-state index < -0.39 is 5.67 Å². The first kappa shape index (κ1) is 20.3. The van der Waals surface area contributed by atoms with Crippen LogP contribution in [0.25, 0.3) is 10.9 Å². The van der Waals surface area contributed by atoms with Gasteiger partial charge in [0, 0.05) is 30.8 Å². The molecule has 1 aromatic carbocycles. The number of nitrogens with zero attached hydrogens (tertiary/aromatic N) is 4. The van der Waals surface area contributed by atoms with Gasteiger partial charge in [0.25, 0.3) is 0 Å². The van der Waals surface area contributed by atoms with E-state index in [0.29, 0.717) is 19.4 Å². The van der Waals surface area contributed by atoms with Crippen LogP contribution in [0.2, 0.25) is 0 Å². The third-order valence-corrected chi connectivity index (χ3v) is 7.52. The lowest BCUT2D eigenvalue weighted by atomic mass is 9.84. The van der Waals surface area contributed by atoms with Crippen LogP contribution in [0.4, 0.5) is 4.39 Å². The fourth-order valence-electron chi connectivity index (χ4n) is 5.51. The summed E-state index contributed by atoms with van der Waals surface area (Å²) in [5, 5.41) is 5.95. The SMILES string of the molecule is Cc1ccc([C@@H]2c3ccc4c(cnn4C4CCCCO4)c3C[C@@H](C)N2CC2(F)CC2)nc1. The monoisotopic (exact) mass is 434 g/mol. The summed E-state index contributed by atoms with van der Waals surface area (Å²) in [4.78, 5) is 7.13. The van der Waals surface area contributed by atoms with E-state index in [9.17, 15) is 4.39 Å². The van der Waals surface area contributed by atoms with Crippen LogP contribution in [-0.2, 0) is 11.2 Å². The van der Waals surface area contributed by atoms with Crippen LogP contribution in [-0.4, -0.2) is 44.5 Å².